The second kappa shape index (κ2) is 8.16. The molecule has 144 valence electrons. The van der Waals surface area contributed by atoms with E-state index in [1.807, 2.05) is 0 Å². The van der Waals surface area contributed by atoms with Gasteiger partial charge in [-0.3, -0.25) is 0 Å². The smallest absolute Gasteiger partial charge is 0.338 e. The number of carbonyl (C=O) groups excluding carboxylic acids is 1. The van der Waals surface area contributed by atoms with Crippen LogP contribution < -0.4 is 0 Å². The number of halogens is 1. The van der Waals surface area contributed by atoms with E-state index in [1.165, 1.54) is 40.7 Å². The number of sulfonamides is 1. The van der Waals surface area contributed by atoms with Crippen LogP contribution in [0.1, 0.15) is 21.5 Å². The van der Waals surface area contributed by atoms with Gasteiger partial charge in [-0.2, -0.15) is 4.31 Å². The molecule has 1 saturated heterocycles. The van der Waals surface area contributed by atoms with E-state index in [0.717, 1.165) is 0 Å². The molecule has 0 unspecified atom stereocenters. The summed E-state index contributed by atoms with van der Waals surface area (Å²) in [5.41, 5.74) is 1.44. The molecule has 0 bridgehead atoms. The highest BCUT2D eigenvalue weighted by Gasteiger charge is 2.27. The molecule has 1 fully saturated rings. The number of ether oxygens (including phenoxy) is 2. The minimum atomic E-state index is -3.70. The molecule has 2 aromatic carbocycles. The summed E-state index contributed by atoms with van der Waals surface area (Å²) in [7, 11) is -3.70. The van der Waals surface area contributed by atoms with Crippen LogP contribution in [0.2, 0.25) is 0 Å². The maximum Gasteiger partial charge on any atom is 0.338 e. The minimum absolute atomic E-state index is 0.0288. The SMILES string of the molecule is Cc1ccc(S(=O)(=O)N2CCOCC2)cc1C(=O)OCc1ccc(F)cc1. The molecule has 0 amide bonds. The lowest BCUT2D eigenvalue weighted by atomic mass is 10.1. The molecule has 0 N–H and O–H groups in total. The van der Waals surface area contributed by atoms with Crippen molar-refractivity contribution >= 4 is 16.0 Å². The largest absolute Gasteiger partial charge is 0.457 e. The number of esters is 1. The standard InChI is InChI=1S/C19H20FNO5S/c1-14-2-7-17(27(23,24)21-8-10-25-11-9-21)12-18(14)19(22)26-13-15-3-5-16(20)6-4-15/h2-7,12H,8-11,13H2,1H3. The van der Waals surface area contributed by atoms with Crippen molar-refractivity contribution in [1.82, 2.24) is 4.31 Å². The Bertz CT molecular complexity index is 922. The first-order valence-corrected chi connectivity index (χ1v) is 9.92. The van der Waals surface area contributed by atoms with E-state index >= 15 is 0 Å². The topological polar surface area (TPSA) is 72.9 Å². The van der Waals surface area contributed by atoms with Crippen LogP contribution in [0.3, 0.4) is 0 Å². The maximum atomic E-state index is 12.9. The molecule has 3 rings (SSSR count). The van der Waals surface area contributed by atoms with Gasteiger partial charge in [0.1, 0.15) is 12.4 Å². The Morgan fingerprint density at radius 3 is 2.48 bits per heavy atom. The molecule has 1 heterocycles. The number of nitrogens with zero attached hydrogens (tertiary/aromatic N) is 1. The average molecular weight is 393 g/mol. The molecule has 0 radical (unpaired) electrons. The molecular formula is C19H20FNO5S. The number of rotatable bonds is 5. The first kappa shape index (κ1) is 19.5. The van der Waals surface area contributed by atoms with Gasteiger partial charge in [0.15, 0.2) is 0 Å². The number of benzene rings is 2. The highest BCUT2D eigenvalue weighted by molar-refractivity contribution is 7.89. The van der Waals surface area contributed by atoms with Crippen molar-refractivity contribution in [2.45, 2.75) is 18.4 Å². The lowest BCUT2D eigenvalue weighted by molar-refractivity contribution is 0.0471. The minimum Gasteiger partial charge on any atom is -0.457 e. The van der Waals surface area contributed by atoms with E-state index in [0.29, 0.717) is 24.3 Å². The molecule has 8 heteroatoms. The Kier molecular flexibility index (Phi) is 5.88. The Hall–Kier alpha value is -2.29. The number of hydrogen-bond acceptors (Lipinski definition) is 5. The average Bonchev–Trinajstić information content (AvgIpc) is 2.68. The number of hydrogen-bond donors (Lipinski definition) is 0. The van der Waals surface area contributed by atoms with Gasteiger partial charge in [0.2, 0.25) is 10.0 Å². The third-order valence-corrected chi connectivity index (χ3v) is 6.21. The fourth-order valence-electron chi connectivity index (χ4n) is 2.72. The van der Waals surface area contributed by atoms with Crippen molar-refractivity contribution in [3.63, 3.8) is 0 Å². The van der Waals surface area contributed by atoms with E-state index < -0.39 is 16.0 Å². The van der Waals surface area contributed by atoms with Crippen LogP contribution >= 0.6 is 0 Å². The van der Waals surface area contributed by atoms with E-state index in [1.54, 1.807) is 13.0 Å². The maximum absolute atomic E-state index is 12.9. The summed E-state index contributed by atoms with van der Waals surface area (Å²) in [5, 5.41) is 0. The molecule has 0 aromatic heterocycles. The van der Waals surface area contributed by atoms with Crippen molar-refractivity contribution in [2.75, 3.05) is 26.3 Å². The van der Waals surface area contributed by atoms with Crippen molar-refractivity contribution in [2.24, 2.45) is 0 Å². The van der Waals surface area contributed by atoms with Gasteiger partial charge in [-0.15, -0.1) is 0 Å². The highest BCUT2D eigenvalue weighted by Crippen LogP contribution is 2.21. The molecule has 2 aromatic rings. The first-order valence-electron chi connectivity index (χ1n) is 8.48. The van der Waals surface area contributed by atoms with E-state index in [4.69, 9.17) is 9.47 Å². The van der Waals surface area contributed by atoms with Gasteiger partial charge in [0, 0.05) is 13.1 Å². The lowest BCUT2D eigenvalue weighted by Gasteiger charge is -2.26. The number of morpholine rings is 1. The highest BCUT2D eigenvalue weighted by atomic mass is 32.2. The first-order chi connectivity index (χ1) is 12.9. The van der Waals surface area contributed by atoms with E-state index in [9.17, 15) is 17.6 Å². The summed E-state index contributed by atoms with van der Waals surface area (Å²) < 4.78 is 50.3. The van der Waals surface area contributed by atoms with Crippen LogP contribution in [-0.4, -0.2) is 45.0 Å². The molecule has 1 aliphatic rings. The molecule has 0 atom stereocenters. The third-order valence-electron chi connectivity index (χ3n) is 4.32. The van der Waals surface area contributed by atoms with Crippen LogP contribution in [0.5, 0.6) is 0 Å². The summed E-state index contributed by atoms with van der Waals surface area (Å²) in [6, 6.07) is 10.0. The second-order valence-electron chi connectivity index (χ2n) is 6.20. The molecule has 27 heavy (non-hydrogen) atoms. The van der Waals surface area contributed by atoms with E-state index in [2.05, 4.69) is 0 Å². The summed E-state index contributed by atoms with van der Waals surface area (Å²) in [6.07, 6.45) is 0. The van der Waals surface area contributed by atoms with Gasteiger partial charge in [0.05, 0.1) is 23.7 Å². The normalized spacial score (nSPS) is 15.5. The van der Waals surface area contributed by atoms with Crippen molar-refractivity contribution in [3.05, 3.63) is 65.0 Å². The van der Waals surface area contributed by atoms with Crippen LogP contribution in [-0.2, 0) is 26.1 Å². The van der Waals surface area contributed by atoms with Gasteiger partial charge >= 0.3 is 5.97 Å². The van der Waals surface area contributed by atoms with E-state index in [-0.39, 0.29) is 36.0 Å². The van der Waals surface area contributed by atoms with Gasteiger partial charge in [0.25, 0.3) is 0 Å². The second-order valence-corrected chi connectivity index (χ2v) is 8.13. The van der Waals surface area contributed by atoms with Crippen LogP contribution in [0.15, 0.2) is 47.4 Å². The predicted octanol–water partition coefficient (Wildman–Crippen LogP) is 2.51. The molecule has 6 nitrogen and oxygen atoms in total. The zero-order chi connectivity index (χ0) is 19.4. The van der Waals surface area contributed by atoms with Crippen LogP contribution in [0, 0.1) is 12.7 Å². The molecule has 0 saturated carbocycles. The zero-order valence-corrected chi connectivity index (χ0v) is 15.7. The summed E-state index contributed by atoms with van der Waals surface area (Å²) >= 11 is 0. The zero-order valence-electron chi connectivity index (χ0n) is 14.9. The molecular weight excluding hydrogens is 373 g/mol. The number of aryl methyl sites for hydroxylation is 1. The molecule has 0 spiro atoms. The van der Waals surface area contributed by atoms with Crippen molar-refractivity contribution < 1.29 is 27.1 Å². The Balaban J connectivity index is 1.78. The summed E-state index contributed by atoms with van der Waals surface area (Å²) in [5.74, 6) is -1.00. The van der Waals surface area contributed by atoms with Crippen molar-refractivity contribution in [3.8, 4) is 0 Å². The van der Waals surface area contributed by atoms with Gasteiger partial charge in [-0.1, -0.05) is 18.2 Å². The Labute approximate surface area is 157 Å². The predicted molar refractivity (Wildman–Crippen MR) is 96.3 cm³/mol. The summed E-state index contributed by atoms with van der Waals surface area (Å²) in [6.45, 7) is 2.93. The van der Waals surface area contributed by atoms with Gasteiger partial charge in [-0.05, 0) is 42.3 Å². The fraction of sp³-hybridized carbons (Fsp3) is 0.316. The van der Waals surface area contributed by atoms with Crippen molar-refractivity contribution in [1.29, 1.82) is 0 Å². The number of carbonyl (C=O) groups is 1. The Morgan fingerprint density at radius 2 is 1.81 bits per heavy atom. The molecule has 1 aliphatic heterocycles. The van der Waals surface area contributed by atoms with Crippen LogP contribution in [0.4, 0.5) is 4.39 Å². The van der Waals surface area contributed by atoms with Gasteiger partial charge < -0.3 is 9.47 Å². The quantitative estimate of drug-likeness (QED) is 0.730. The third kappa shape index (κ3) is 4.52. The van der Waals surface area contributed by atoms with Gasteiger partial charge in [-0.25, -0.2) is 17.6 Å². The monoisotopic (exact) mass is 393 g/mol. The molecule has 0 aliphatic carbocycles. The fourth-order valence-corrected chi connectivity index (χ4v) is 4.16. The van der Waals surface area contributed by atoms with Crippen LogP contribution in [0.25, 0.3) is 0 Å². The lowest BCUT2D eigenvalue weighted by Crippen LogP contribution is -2.40. The Morgan fingerprint density at radius 1 is 1.15 bits per heavy atom. The summed E-state index contributed by atoms with van der Waals surface area (Å²) in [4.78, 5) is 12.5.